The Balaban J connectivity index is 2.62. The van der Waals surface area contributed by atoms with Gasteiger partial charge in [0.2, 0.25) is 0 Å². The van der Waals surface area contributed by atoms with E-state index in [0.717, 1.165) is 25.7 Å². The summed E-state index contributed by atoms with van der Waals surface area (Å²) < 4.78 is 0. The molecular weight excluding hydrogens is 256 g/mol. The van der Waals surface area contributed by atoms with E-state index in [4.69, 9.17) is 0 Å². The number of carbonyl (C=O) groups is 2. The van der Waals surface area contributed by atoms with Crippen molar-refractivity contribution in [2.45, 2.75) is 59.4 Å². The number of carbonyl (C=O) groups excluding carboxylic acids is 1. The molecule has 2 unspecified atom stereocenters. The van der Waals surface area contributed by atoms with Crippen molar-refractivity contribution in [2.24, 2.45) is 11.3 Å². The molecule has 2 amide bonds. The second-order valence-electron chi connectivity index (χ2n) is 6.66. The molecule has 20 heavy (non-hydrogen) atoms. The number of hydrogen-bond donors (Lipinski definition) is 2. The van der Waals surface area contributed by atoms with Gasteiger partial charge in [0.15, 0.2) is 0 Å². The lowest BCUT2D eigenvalue weighted by Crippen LogP contribution is -2.50. The minimum atomic E-state index is -0.956. The number of rotatable bonds is 4. The number of aliphatic carboxylic acids is 1. The molecule has 116 valence electrons. The van der Waals surface area contributed by atoms with E-state index in [-0.39, 0.29) is 17.4 Å². The van der Waals surface area contributed by atoms with Crippen LogP contribution in [0, 0.1) is 11.3 Å². The smallest absolute Gasteiger partial charge is 0.326 e. The number of hydrogen-bond acceptors (Lipinski definition) is 2. The Hall–Kier alpha value is -1.26. The van der Waals surface area contributed by atoms with Crippen LogP contribution in [-0.2, 0) is 4.79 Å². The topological polar surface area (TPSA) is 69.6 Å². The highest BCUT2D eigenvalue weighted by Gasteiger charge is 2.29. The van der Waals surface area contributed by atoms with E-state index >= 15 is 0 Å². The van der Waals surface area contributed by atoms with Crippen molar-refractivity contribution >= 4 is 12.0 Å². The third-order valence-electron chi connectivity index (χ3n) is 4.39. The largest absolute Gasteiger partial charge is 0.480 e. The van der Waals surface area contributed by atoms with Gasteiger partial charge in [0, 0.05) is 13.1 Å². The molecule has 1 aliphatic rings. The van der Waals surface area contributed by atoms with Gasteiger partial charge in [0.1, 0.15) is 6.04 Å². The Labute approximate surface area is 121 Å². The first-order valence-corrected chi connectivity index (χ1v) is 7.55. The van der Waals surface area contributed by atoms with Crippen molar-refractivity contribution in [2.75, 3.05) is 13.1 Å². The lowest BCUT2D eigenvalue weighted by molar-refractivity contribution is -0.140. The molecule has 0 aromatic heterocycles. The average Bonchev–Trinajstić information content (AvgIpc) is 2.55. The Bertz CT molecular complexity index is 355. The molecule has 0 radical (unpaired) electrons. The van der Waals surface area contributed by atoms with Gasteiger partial charge in [-0.15, -0.1) is 0 Å². The van der Waals surface area contributed by atoms with Crippen LogP contribution in [0.25, 0.3) is 0 Å². The van der Waals surface area contributed by atoms with Gasteiger partial charge in [-0.05, 0) is 30.6 Å². The highest BCUT2D eigenvalue weighted by molar-refractivity contribution is 5.82. The first-order valence-electron chi connectivity index (χ1n) is 7.55. The fraction of sp³-hybridized carbons (Fsp3) is 0.867. The van der Waals surface area contributed by atoms with Gasteiger partial charge in [0.25, 0.3) is 0 Å². The molecule has 1 fully saturated rings. The van der Waals surface area contributed by atoms with Crippen LogP contribution < -0.4 is 5.32 Å². The van der Waals surface area contributed by atoms with Gasteiger partial charge in [-0.2, -0.15) is 0 Å². The minimum absolute atomic E-state index is 0.0696. The van der Waals surface area contributed by atoms with Gasteiger partial charge in [-0.25, -0.2) is 9.59 Å². The monoisotopic (exact) mass is 284 g/mol. The molecule has 0 saturated carbocycles. The van der Waals surface area contributed by atoms with Gasteiger partial charge >= 0.3 is 12.0 Å². The summed E-state index contributed by atoms with van der Waals surface area (Å²) in [5.41, 5.74) is 0.262. The molecule has 0 aliphatic carbocycles. The molecule has 5 nitrogen and oxygen atoms in total. The number of nitrogens with one attached hydrogen (secondary N) is 1. The van der Waals surface area contributed by atoms with Crippen molar-refractivity contribution in [1.29, 1.82) is 0 Å². The van der Waals surface area contributed by atoms with Crippen molar-refractivity contribution in [1.82, 2.24) is 10.2 Å². The van der Waals surface area contributed by atoms with Gasteiger partial charge < -0.3 is 15.3 Å². The van der Waals surface area contributed by atoms with Crippen molar-refractivity contribution in [3.8, 4) is 0 Å². The first kappa shape index (κ1) is 16.8. The van der Waals surface area contributed by atoms with E-state index < -0.39 is 12.0 Å². The number of carboxylic acids is 1. The second kappa shape index (κ2) is 6.95. The Morgan fingerprint density at radius 1 is 1.30 bits per heavy atom. The van der Waals surface area contributed by atoms with Crippen molar-refractivity contribution in [3.05, 3.63) is 0 Å². The van der Waals surface area contributed by atoms with Crippen LogP contribution in [0.2, 0.25) is 0 Å². The van der Waals surface area contributed by atoms with Crippen molar-refractivity contribution in [3.63, 3.8) is 0 Å². The molecule has 5 heteroatoms. The summed E-state index contributed by atoms with van der Waals surface area (Å²) in [6.45, 7) is 9.63. The van der Waals surface area contributed by atoms with Crippen molar-refractivity contribution < 1.29 is 14.7 Å². The predicted octanol–water partition coefficient (Wildman–Crippen LogP) is 2.71. The van der Waals surface area contributed by atoms with Crippen LogP contribution in [0.1, 0.15) is 53.4 Å². The van der Waals surface area contributed by atoms with E-state index in [0.29, 0.717) is 13.1 Å². The molecule has 0 aromatic rings. The summed E-state index contributed by atoms with van der Waals surface area (Å²) >= 11 is 0. The Morgan fingerprint density at radius 2 is 1.95 bits per heavy atom. The molecule has 2 atom stereocenters. The summed E-state index contributed by atoms with van der Waals surface area (Å²) in [5.74, 6) is -1.03. The zero-order chi connectivity index (χ0) is 15.3. The lowest BCUT2D eigenvalue weighted by atomic mass is 9.85. The quantitative estimate of drug-likeness (QED) is 0.834. The number of amides is 2. The standard InChI is InChI=1S/C15H28N2O3/c1-5-11(2)12(13(18)19)16-14(20)17-9-6-7-15(3,4)8-10-17/h11-12H,5-10H2,1-4H3,(H,16,20)(H,18,19). The average molecular weight is 284 g/mol. The number of carboxylic acid groups (broad SMARTS) is 1. The molecular formula is C15H28N2O3. The number of urea groups is 1. The SMILES string of the molecule is CCC(C)C(NC(=O)N1CCCC(C)(C)CC1)C(=O)O. The molecule has 1 saturated heterocycles. The van der Waals surface area contributed by atoms with Crippen LogP contribution in [0.3, 0.4) is 0 Å². The Kier molecular flexibility index (Phi) is 5.84. The van der Waals surface area contributed by atoms with E-state index in [1.165, 1.54) is 0 Å². The molecule has 0 spiro atoms. The molecule has 1 aliphatic heterocycles. The van der Waals surface area contributed by atoms with Crippen LogP contribution in [0.4, 0.5) is 4.79 Å². The maximum atomic E-state index is 12.2. The summed E-state index contributed by atoms with van der Waals surface area (Å²) in [5, 5.41) is 11.9. The molecule has 0 bridgehead atoms. The predicted molar refractivity (Wildman–Crippen MR) is 78.6 cm³/mol. The molecule has 0 aromatic carbocycles. The van der Waals surface area contributed by atoms with E-state index in [1.54, 1.807) is 4.90 Å². The van der Waals surface area contributed by atoms with Crippen LogP contribution in [-0.4, -0.2) is 41.1 Å². The van der Waals surface area contributed by atoms with Crippen LogP contribution in [0.15, 0.2) is 0 Å². The van der Waals surface area contributed by atoms with Crippen LogP contribution in [0.5, 0.6) is 0 Å². The molecule has 1 heterocycles. The molecule has 2 N–H and O–H groups in total. The fourth-order valence-electron chi connectivity index (χ4n) is 2.53. The minimum Gasteiger partial charge on any atom is -0.480 e. The second-order valence-corrected chi connectivity index (χ2v) is 6.66. The van der Waals surface area contributed by atoms with E-state index in [2.05, 4.69) is 19.2 Å². The highest BCUT2D eigenvalue weighted by Crippen LogP contribution is 2.29. The van der Waals surface area contributed by atoms with Crippen LogP contribution >= 0.6 is 0 Å². The zero-order valence-corrected chi connectivity index (χ0v) is 13.1. The van der Waals surface area contributed by atoms with Gasteiger partial charge in [-0.3, -0.25) is 0 Å². The summed E-state index contributed by atoms with van der Waals surface area (Å²) in [7, 11) is 0. The normalized spacial score (nSPS) is 21.7. The fourth-order valence-corrected chi connectivity index (χ4v) is 2.53. The van der Waals surface area contributed by atoms with E-state index in [1.807, 2.05) is 13.8 Å². The summed E-state index contributed by atoms with van der Waals surface area (Å²) in [4.78, 5) is 25.3. The molecule has 1 rings (SSSR count). The highest BCUT2D eigenvalue weighted by atomic mass is 16.4. The Morgan fingerprint density at radius 3 is 2.50 bits per heavy atom. The lowest BCUT2D eigenvalue weighted by Gasteiger charge is -2.27. The zero-order valence-electron chi connectivity index (χ0n) is 13.1. The van der Waals surface area contributed by atoms with E-state index in [9.17, 15) is 14.7 Å². The summed E-state index contributed by atoms with van der Waals surface area (Å²) in [6, 6.07) is -1.04. The third kappa shape index (κ3) is 4.69. The first-order chi connectivity index (χ1) is 9.26. The number of nitrogens with zero attached hydrogens (tertiary/aromatic N) is 1. The summed E-state index contributed by atoms with van der Waals surface area (Å²) in [6.07, 6.45) is 3.76. The third-order valence-corrected chi connectivity index (χ3v) is 4.39. The maximum Gasteiger partial charge on any atom is 0.326 e. The maximum absolute atomic E-state index is 12.2. The van der Waals surface area contributed by atoms with Gasteiger partial charge in [-0.1, -0.05) is 34.1 Å². The number of likely N-dealkylation sites (tertiary alicyclic amines) is 1. The van der Waals surface area contributed by atoms with Gasteiger partial charge in [0.05, 0.1) is 0 Å².